The molecule has 1 saturated heterocycles. The van der Waals surface area contributed by atoms with E-state index < -0.39 is 0 Å². The van der Waals surface area contributed by atoms with Crippen LogP contribution in [0.4, 0.5) is 0 Å². The van der Waals surface area contributed by atoms with E-state index in [-0.39, 0.29) is 11.9 Å². The maximum atomic E-state index is 12.4. The highest BCUT2D eigenvalue weighted by Crippen LogP contribution is 2.26. The summed E-state index contributed by atoms with van der Waals surface area (Å²) in [5.74, 6) is 0.0963. The fourth-order valence-corrected chi connectivity index (χ4v) is 2.78. The number of aromatic amines is 1. The Bertz CT molecular complexity index is 584. The fraction of sp³-hybridized carbons (Fsp3) is 0.357. The van der Waals surface area contributed by atoms with E-state index in [4.69, 9.17) is 4.74 Å². The zero-order chi connectivity index (χ0) is 12.5. The van der Waals surface area contributed by atoms with Crippen molar-refractivity contribution < 1.29 is 9.53 Å². The second kappa shape index (κ2) is 4.86. The van der Waals surface area contributed by atoms with Gasteiger partial charge in [-0.1, -0.05) is 15.9 Å². The van der Waals surface area contributed by atoms with Gasteiger partial charge in [-0.25, -0.2) is 0 Å². The topological polar surface area (TPSA) is 42.1 Å². The van der Waals surface area contributed by atoms with E-state index in [1.54, 1.807) is 6.20 Å². The molecule has 1 aromatic carbocycles. The lowest BCUT2D eigenvalue weighted by molar-refractivity contribution is 0.0188. The first kappa shape index (κ1) is 11.9. The van der Waals surface area contributed by atoms with Crippen molar-refractivity contribution in [3.05, 3.63) is 34.4 Å². The van der Waals surface area contributed by atoms with Crippen molar-refractivity contribution in [1.82, 2.24) is 4.98 Å². The van der Waals surface area contributed by atoms with Crippen LogP contribution < -0.4 is 0 Å². The Morgan fingerprint density at radius 1 is 1.39 bits per heavy atom. The zero-order valence-electron chi connectivity index (χ0n) is 9.91. The van der Waals surface area contributed by atoms with Crippen molar-refractivity contribution in [2.24, 2.45) is 0 Å². The number of ether oxygens (including phenoxy) is 1. The first-order valence-corrected chi connectivity index (χ1v) is 6.97. The van der Waals surface area contributed by atoms with Gasteiger partial charge in [0.05, 0.1) is 0 Å². The molecule has 3 rings (SSSR count). The average Bonchev–Trinajstić information content (AvgIpc) is 2.82. The van der Waals surface area contributed by atoms with Gasteiger partial charge in [0.2, 0.25) is 0 Å². The minimum atomic E-state index is -0.267. The normalized spacial score (nSPS) is 20.2. The molecular formula is C14H14BrNO2. The second-order valence-electron chi connectivity index (χ2n) is 4.61. The van der Waals surface area contributed by atoms with Crippen molar-refractivity contribution in [3.63, 3.8) is 0 Å². The van der Waals surface area contributed by atoms with Gasteiger partial charge in [0.1, 0.15) is 6.10 Å². The highest BCUT2D eigenvalue weighted by Gasteiger charge is 2.25. The van der Waals surface area contributed by atoms with E-state index in [1.807, 2.05) is 18.2 Å². The SMILES string of the molecule is O=C(c1c[nH]c2ccc(Br)cc12)C1CCCCO1. The molecule has 0 spiro atoms. The predicted molar refractivity (Wildman–Crippen MR) is 73.9 cm³/mol. The largest absolute Gasteiger partial charge is 0.370 e. The van der Waals surface area contributed by atoms with Crippen LogP contribution >= 0.6 is 15.9 Å². The molecule has 1 N–H and O–H groups in total. The number of H-pyrrole nitrogens is 1. The van der Waals surface area contributed by atoms with E-state index in [2.05, 4.69) is 20.9 Å². The Balaban J connectivity index is 1.98. The molecule has 1 fully saturated rings. The number of hydrogen-bond donors (Lipinski definition) is 1. The van der Waals surface area contributed by atoms with Crippen molar-refractivity contribution in [2.45, 2.75) is 25.4 Å². The zero-order valence-corrected chi connectivity index (χ0v) is 11.5. The van der Waals surface area contributed by atoms with Crippen molar-refractivity contribution in [1.29, 1.82) is 0 Å². The summed E-state index contributed by atoms with van der Waals surface area (Å²) < 4.78 is 6.55. The van der Waals surface area contributed by atoms with Crippen LogP contribution in [0, 0.1) is 0 Å². The summed E-state index contributed by atoms with van der Waals surface area (Å²) in [5, 5.41) is 0.962. The molecule has 0 saturated carbocycles. The third-order valence-electron chi connectivity index (χ3n) is 3.38. The lowest BCUT2D eigenvalue weighted by Crippen LogP contribution is -2.28. The molecule has 1 unspecified atom stereocenters. The average molecular weight is 308 g/mol. The first-order valence-electron chi connectivity index (χ1n) is 6.18. The third-order valence-corrected chi connectivity index (χ3v) is 3.87. The summed E-state index contributed by atoms with van der Waals surface area (Å²) in [6.07, 6.45) is 4.49. The molecule has 0 radical (unpaired) electrons. The summed E-state index contributed by atoms with van der Waals surface area (Å²) in [6, 6.07) is 5.91. The number of nitrogens with one attached hydrogen (secondary N) is 1. The van der Waals surface area contributed by atoms with Gasteiger partial charge >= 0.3 is 0 Å². The van der Waals surface area contributed by atoms with E-state index in [0.29, 0.717) is 6.61 Å². The number of carbonyl (C=O) groups is 1. The molecule has 0 bridgehead atoms. The van der Waals surface area contributed by atoms with Crippen molar-refractivity contribution >= 4 is 32.6 Å². The molecule has 1 aliphatic rings. The molecule has 3 nitrogen and oxygen atoms in total. The Hall–Kier alpha value is -1.13. The van der Waals surface area contributed by atoms with E-state index in [9.17, 15) is 4.79 Å². The van der Waals surface area contributed by atoms with Gasteiger partial charge in [0.25, 0.3) is 0 Å². The third kappa shape index (κ3) is 2.10. The quantitative estimate of drug-likeness (QED) is 0.860. The number of fused-ring (bicyclic) bond motifs is 1. The van der Waals surface area contributed by atoms with Crippen LogP contribution in [0.3, 0.4) is 0 Å². The predicted octanol–water partition coefficient (Wildman–Crippen LogP) is 3.68. The number of aromatic nitrogens is 1. The van der Waals surface area contributed by atoms with Crippen LogP contribution in [0.2, 0.25) is 0 Å². The Labute approximate surface area is 114 Å². The number of rotatable bonds is 2. The fourth-order valence-electron chi connectivity index (χ4n) is 2.42. The maximum absolute atomic E-state index is 12.4. The molecule has 0 aliphatic carbocycles. The first-order chi connectivity index (χ1) is 8.75. The summed E-state index contributed by atoms with van der Waals surface area (Å²) in [5.41, 5.74) is 1.72. The monoisotopic (exact) mass is 307 g/mol. The molecular weight excluding hydrogens is 294 g/mol. The highest BCUT2D eigenvalue weighted by atomic mass is 79.9. The van der Waals surface area contributed by atoms with Gasteiger partial charge in [-0.15, -0.1) is 0 Å². The van der Waals surface area contributed by atoms with E-state index in [1.165, 1.54) is 0 Å². The number of hydrogen-bond acceptors (Lipinski definition) is 2. The number of benzene rings is 1. The Morgan fingerprint density at radius 2 is 2.28 bits per heavy atom. The molecule has 1 aromatic heterocycles. The van der Waals surface area contributed by atoms with Gasteiger partial charge < -0.3 is 9.72 Å². The summed E-state index contributed by atoms with van der Waals surface area (Å²) in [6.45, 7) is 0.697. The molecule has 4 heteroatoms. The molecule has 0 amide bonds. The van der Waals surface area contributed by atoms with Gasteiger partial charge in [0.15, 0.2) is 5.78 Å². The van der Waals surface area contributed by atoms with Crippen LogP contribution in [-0.4, -0.2) is 23.5 Å². The number of ketones is 1. The van der Waals surface area contributed by atoms with Gasteiger partial charge in [0, 0.05) is 33.7 Å². The molecule has 94 valence electrons. The number of carbonyl (C=O) groups excluding carboxylic acids is 1. The minimum absolute atomic E-state index is 0.0963. The van der Waals surface area contributed by atoms with E-state index >= 15 is 0 Å². The van der Waals surface area contributed by atoms with Gasteiger partial charge in [-0.2, -0.15) is 0 Å². The Morgan fingerprint density at radius 3 is 3.06 bits per heavy atom. The summed E-state index contributed by atoms with van der Waals surface area (Å²) in [7, 11) is 0. The van der Waals surface area contributed by atoms with Crippen LogP contribution in [0.15, 0.2) is 28.9 Å². The van der Waals surface area contributed by atoms with Crippen LogP contribution in [-0.2, 0) is 4.74 Å². The van der Waals surface area contributed by atoms with Crippen LogP contribution in [0.1, 0.15) is 29.6 Å². The van der Waals surface area contributed by atoms with Crippen LogP contribution in [0.5, 0.6) is 0 Å². The highest BCUT2D eigenvalue weighted by molar-refractivity contribution is 9.10. The standard InChI is InChI=1S/C14H14BrNO2/c15-9-4-5-12-10(7-9)11(8-16-12)14(17)13-3-1-2-6-18-13/h4-5,7-8,13,16H,1-3,6H2. The molecule has 18 heavy (non-hydrogen) atoms. The number of Topliss-reactive ketones (excluding diaryl/α,β-unsaturated/α-hetero) is 1. The number of halogens is 1. The van der Waals surface area contributed by atoms with Gasteiger partial charge in [-0.3, -0.25) is 4.79 Å². The lowest BCUT2D eigenvalue weighted by atomic mass is 9.99. The second-order valence-corrected chi connectivity index (χ2v) is 5.53. The smallest absolute Gasteiger partial charge is 0.193 e. The minimum Gasteiger partial charge on any atom is -0.370 e. The molecule has 1 aliphatic heterocycles. The maximum Gasteiger partial charge on any atom is 0.193 e. The molecule has 2 heterocycles. The van der Waals surface area contributed by atoms with E-state index in [0.717, 1.165) is 40.2 Å². The molecule has 2 aromatic rings. The van der Waals surface area contributed by atoms with Crippen LogP contribution in [0.25, 0.3) is 10.9 Å². The van der Waals surface area contributed by atoms with Gasteiger partial charge in [-0.05, 0) is 37.5 Å². The summed E-state index contributed by atoms with van der Waals surface area (Å²) in [4.78, 5) is 15.6. The summed E-state index contributed by atoms with van der Waals surface area (Å²) >= 11 is 3.44. The van der Waals surface area contributed by atoms with Crippen molar-refractivity contribution in [3.8, 4) is 0 Å². The molecule has 1 atom stereocenters. The van der Waals surface area contributed by atoms with Crippen molar-refractivity contribution in [2.75, 3.05) is 6.61 Å². The Kier molecular flexibility index (Phi) is 3.22. The lowest BCUT2D eigenvalue weighted by Gasteiger charge is -2.20.